The van der Waals surface area contributed by atoms with Gasteiger partial charge in [-0.2, -0.15) is 0 Å². The number of nitrogens with zero attached hydrogens (tertiary/aromatic N) is 2. The lowest BCUT2D eigenvalue weighted by Gasteiger charge is -2.24. The number of benzene rings is 5. The van der Waals surface area contributed by atoms with Gasteiger partial charge in [-0.15, -0.1) is 0 Å². The maximum absolute atomic E-state index is 14.2. The maximum Gasteiger partial charge on any atom is 0.263 e. The van der Waals surface area contributed by atoms with Crippen molar-refractivity contribution >= 4 is 33.4 Å². The summed E-state index contributed by atoms with van der Waals surface area (Å²) in [6, 6.07) is 36.4. The molecule has 0 saturated carbocycles. The van der Waals surface area contributed by atoms with E-state index in [1.807, 2.05) is 72.8 Å². The number of rotatable bonds is 3. The van der Waals surface area contributed by atoms with Gasteiger partial charge in [0.15, 0.2) is 6.23 Å². The first-order valence-corrected chi connectivity index (χ1v) is 12.8. The summed E-state index contributed by atoms with van der Waals surface area (Å²) in [5.41, 5.74) is 8.95. The van der Waals surface area contributed by atoms with Gasteiger partial charge in [-0.1, -0.05) is 83.9 Å². The molecule has 1 aromatic heterocycles. The Kier molecular flexibility index (Phi) is 5.00. The number of hydrogen-bond donors (Lipinski definition) is 1. The minimum atomic E-state index is -1.08. The number of aromatic nitrogens is 1. The molecule has 1 amide bonds. The summed E-state index contributed by atoms with van der Waals surface area (Å²) in [7, 11) is 0. The van der Waals surface area contributed by atoms with Gasteiger partial charge in [0.2, 0.25) is 0 Å². The summed E-state index contributed by atoms with van der Waals surface area (Å²) in [4.78, 5) is 15.8. The van der Waals surface area contributed by atoms with Crippen LogP contribution in [0.4, 0.5) is 5.69 Å². The number of aliphatic hydroxyl groups excluding tert-OH is 1. The molecule has 0 fully saturated rings. The highest BCUT2D eigenvalue weighted by Crippen LogP contribution is 2.44. The van der Waals surface area contributed by atoms with Crippen LogP contribution in [0.15, 0.2) is 109 Å². The van der Waals surface area contributed by atoms with Crippen LogP contribution in [0.5, 0.6) is 0 Å². The molecule has 7 rings (SSSR count). The number of amides is 1. The molecular formula is C34H26N2O2. The van der Waals surface area contributed by atoms with Gasteiger partial charge < -0.3 is 9.67 Å². The summed E-state index contributed by atoms with van der Waals surface area (Å²) in [6.07, 6.45) is -1.08. The van der Waals surface area contributed by atoms with E-state index >= 15 is 0 Å². The van der Waals surface area contributed by atoms with Crippen LogP contribution in [0, 0.1) is 13.8 Å². The molecule has 1 aliphatic rings. The standard InChI is InChI=1S/C34H26N2O2/c1-21-15-17-29-26(19-21)27-20-22(2)16-18-30(27)35(29)31-14-8-12-25-32(31)34(38)36(33(25)37)28-13-7-6-11-24(28)23-9-4-3-5-10-23/h3-20,33,37H,1-2H3. The van der Waals surface area contributed by atoms with Crippen molar-refractivity contribution in [3.8, 4) is 16.8 Å². The fraction of sp³-hybridized carbons (Fsp3) is 0.0882. The Labute approximate surface area is 221 Å². The van der Waals surface area contributed by atoms with Crippen LogP contribution in [0.2, 0.25) is 0 Å². The summed E-state index contributed by atoms with van der Waals surface area (Å²) in [6.45, 7) is 4.20. The van der Waals surface area contributed by atoms with E-state index in [4.69, 9.17) is 0 Å². The summed E-state index contributed by atoms with van der Waals surface area (Å²) < 4.78 is 2.17. The van der Waals surface area contributed by atoms with Gasteiger partial charge >= 0.3 is 0 Å². The second-order valence-electron chi connectivity index (χ2n) is 10.0. The lowest BCUT2D eigenvalue weighted by Crippen LogP contribution is -2.28. The fourth-order valence-corrected chi connectivity index (χ4v) is 5.86. The number of aryl methyl sites for hydroxylation is 2. The van der Waals surface area contributed by atoms with E-state index in [2.05, 4.69) is 54.8 Å². The van der Waals surface area contributed by atoms with Crippen LogP contribution in [0.25, 0.3) is 38.6 Å². The highest BCUT2D eigenvalue weighted by molar-refractivity contribution is 6.16. The van der Waals surface area contributed by atoms with Crippen LogP contribution in [-0.4, -0.2) is 15.6 Å². The smallest absolute Gasteiger partial charge is 0.263 e. The minimum Gasteiger partial charge on any atom is -0.369 e. The first-order valence-electron chi connectivity index (χ1n) is 12.8. The van der Waals surface area contributed by atoms with E-state index in [0.717, 1.165) is 38.6 Å². The van der Waals surface area contributed by atoms with Crippen LogP contribution < -0.4 is 4.90 Å². The fourth-order valence-electron chi connectivity index (χ4n) is 5.86. The van der Waals surface area contributed by atoms with Crippen molar-refractivity contribution in [3.63, 3.8) is 0 Å². The average molecular weight is 495 g/mol. The van der Waals surface area contributed by atoms with Gasteiger partial charge in [-0.3, -0.25) is 9.69 Å². The van der Waals surface area contributed by atoms with Crippen molar-refractivity contribution < 1.29 is 9.90 Å². The second kappa shape index (κ2) is 8.44. The van der Waals surface area contributed by atoms with E-state index in [0.29, 0.717) is 16.8 Å². The Morgan fingerprint density at radius 3 is 1.95 bits per heavy atom. The molecular weight excluding hydrogens is 468 g/mol. The van der Waals surface area contributed by atoms with Crippen molar-refractivity contribution in [1.82, 2.24) is 4.57 Å². The Balaban J connectivity index is 1.46. The third kappa shape index (κ3) is 3.24. The molecule has 38 heavy (non-hydrogen) atoms. The summed E-state index contributed by atoms with van der Waals surface area (Å²) >= 11 is 0. The molecule has 4 nitrogen and oxygen atoms in total. The van der Waals surface area contributed by atoms with Gasteiger partial charge in [0.05, 0.1) is 28.0 Å². The van der Waals surface area contributed by atoms with E-state index in [1.165, 1.54) is 16.0 Å². The first kappa shape index (κ1) is 22.5. The van der Waals surface area contributed by atoms with Gasteiger partial charge in [0.25, 0.3) is 5.91 Å². The van der Waals surface area contributed by atoms with Gasteiger partial charge in [-0.05, 0) is 55.8 Å². The Hall–Kier alpha value is -4.67. The number of para-hydroxylation sites is 1. The average Bonchev–Trinajstić information content (AvgIpc) is 3.39. The molecule has 5 aromatic carbocycles. The minimum absolute atomic E-state index is 0.208. The monoisotopic (exact) mass is 494 g/mol. The molecule has 0 bridgehead atoms. The molecule has 0 radical (unpaired) electrons. The Bertz CT molecular complexity index is 1830. The zero-order valence-corrected chi connectivity index (χ0v) is 21.2. The van der Waals surface area contributed by atoms with E-state index < -0.39 is 6.23 Å². The molecule has 1 unspecified atom stereocenters. The lowest BCUT2D eigenvalue weighted by molar-refractivity contribution is 0.0935. The molecule has 1 atom stereocenters. The number of anilines is 1. The molecule has 0 aliphatic carbocycles. The van der Waals surface area contributed by atoms with Crippen molar-refractivity contribution in [2.45, 2.75) is 20.1 Å². The molecule has 1 aliphatic heterocycles. The van der Waals surface area contributed by atoms with Crippen LogP contribution in [0.3, 0.4) is 0 Å². The number of fused-ring (bicyclic) bond motifs is 4. The first-order chi connectivity index (χ1) is 18.5. The Morgan fingerprint density at radius 2 is 1.26 bits per heavy atom. The van der Waals surface area contributed by atoms with E-state index in [-0.39, 0.29) is 5.91 Å². The van der Waals surface area contributed by atoms with Crippen LogP contribution in [0.1, 0.15) is 33.3 Å². The van der Waals surface area contributed by atoms with E-state index in [1.54, 1.807) is 0 Å². The number of aliphatic hydroxyl groups is 1. The second-order valence-corrected chi connectivity index (χ2v) is 10.0. The Morgan fingerprint density at radius 1 is 0.658 bits per heavy atom. The largest absolute Gasteiger partial charge is 0.369 e. The predicted molar refractivity (Wildman–Crippen MR) is 154 cm³/mol. The van der Waals surface area contributed by atoms with Crippen LogP contribution in [-0.2, 0) is 0 Å². The molecule has 0 spiro atoms. The third-order valence-electron chi connectivity index (χ3n) is 7.60. The summed E-state index contributed by atoms with van der Waals surface area (Å²) in [5, 5.41) is 13.9. The quantitative estimate of drug-likeness (QED) is 0.274. The maximum atomic E-state index is 14.2. The number of carbonyl (C=O) groups excluding carboxylic acids is 1. The van der Waals surface area contributed by atoms with Crippen LogP contribution >= 0.6 is 0 Å². The molecule has 0 saturated heterocycles. The molecule has 4 heteroatoms. The summed E-state index contributed by atoms with van der Waals surface area (Å²) in [5.74, 6) is -0.208. The highest BCUT2D eigenvalue weighted by atomic mass is 16.3. The SMILES string of the molecule is Cc1ccc2c(c1)c1cc(C)ccc1n2-c1cccc2c1C(=O)N(c1ccccc1-c1ccccc1)C2O. The normalized spacial score (nSPS) is 15.0. The lowest BCUT2D eigenvalue weighted by atomic mass is 10.0. The molecule has 184 valence electrons. The van der Waals surface area contributed by atoms with Crippen molar-refractivity contribution in [2.75, 3.05) is 4.90 Å². The van der Waals surface area contributed by atoms with Gasteiger partial charge in [-0.25, -0.2) is 0 Å². The van der Waals surface area contributed by atoms with Gasteiger partial charge in [0.1, 0.15) is 0 Å². The highest BCUT2D eigenvalue weighted by Gasteiger charge is 2.40. The molecule has 1 N–H and O–H groups in total. The molecule has 2 heterocycles. The molecule has 6 aromatic rings. The zero-order valence-electron chi connectivity index (χ0n) is 21.2. The van der Waals surface area contributed by atoms with Gasteiger partial charge in [0, 0.05) is 21.9 Å². The van der Waals surface area contributed by atoms with Crippen molar-refractivity contribution in [2.24, 2.45) is 0 Å². The van der Waals surface area contributed by atoms with Crippen molar-refractivity contribution in [1.29, 1.82) is 0 Å². The number of hydrogen-bond acceptors (Lipinski definition) is 2. The number of carbonyl (C=O) groups is 1. The van der Waals surface area contributed by atoms with Crippen molar-refractivity contribution in [3.05, 3.63) is 131 Å². The topological polar surface area (TPSA) is 45.5 Å². The predicted octanol–water partition coefficient (Wildman–Crippen LogP) is 7.72. The van der Waals surface area contributed by atoms with E-state index in [9.17, 15) is 9.90 Å². The zero-order chi connectivity index (χ0) is 26.0. The third-order valence-corrected chi connectivity index (χ3v) is 7.60.